The van der Waals surface area contributed by atoms with Gasteiger partial charge in [0.25, 0.3) is 0 Å². The Balaban J connectivity index is 2.79. The molecular weight excluding hydrogens is 211 g/mol. The van der Waals surface area contributed by atoms with Crippen LogP contribution < -0.4 is 5.46 Å². The second-order valence-electron chi connectivity index (χ2n) is 5.37. The molecule has 0 aliphatic heterocycles. The Morgan fingerprint density at radius 3 is 2.06 bits per heavy atom. The fourth-order valence-electron chi connectivity index (χ4n) is 2.21. The molecule has 0 saturated carbocycles. The van der Waals surface area contributed by atoms with Crippen molar-refractivity contribution in [3.63, 3.8) is 0 Å². The maximum absolute atomic E-state index is 9.37. The maximum Gasteiger partial charge on any atom is 0.489 e. The molecule has 0 spiro atoms. The number of rotatable bonds is 1. The summed E-state index contributed by atoms with van der Waals surface area (Å²) < 4.78 is 0. The van der Waals surface area contributed by atoms with Crippen molar-refractivity contribution in [2.45, 2.75) is 26.2 Å². The average Bonchev–Trinajstić information content (AvgIpc) is 2.26. The molecule has 0 bridgehead atoms. The van der Waals surface area contributed by atoms with Gasteiger partial charge in [-0.1, -0.05) is 57.2 Å². The molecule has 0 saturated heterocycles. The molecular formula is C14H17BO2. The summed E-state index contributed by atoms with van der Waals surface area (Å²) in [5, 5.41) is 20.7. The van der Waals surface area contributed by atoms with E-state index in [4.69, 9.17) is 0 Å². The van der Waals surface area contributed by atoms with Crippen LogP contribution in [0.3, 0.4) is 0 Å². The van der Waals surface area contributed by atoms with Gasteiger partial charge in [-0.05, 0) is 27.2 Å². The zero-order valence-electron chi connectivity index (χ0n) is 10.4. The van der Waals surface area contributed by atoms with Gasteiger partial charge in [0, 0.05) is 0 Å². The first-order valence-electron chi connectivity index (χ1n) is 5.79. The van der Waals surface area contributed by atoms with E-state index in [1.54, 1.807) is 6.07 Å². The standard InChI is InChI=1S/C14H17BO2/c1-14(2,3)12-8-4-7-11-10(12)6-5-9-13(11)15(16)17/h4-9,16-17H,1-3H3. The van der Waals surface area contributed by atoms with Crippen LogP contribution in [-0.2, 0) is 5.41 Å². The van der Waals surface area contributed by atoms with Crippen LogP contribution in [0.5, 0.6) is 0 Å². The van der Waals surface area contributed by atoms with Gasteiger partial charge in [0.05, 0.1) is 0 Å². The zero-order chi connectivity index (χ0) is 12.6. The minimum absolute atomic E-state index is 0.0402. The lowest BCUT2D eigenvalue weighted by Crippen LogP contribution is -2.30. The quantitative estimate of drug-likeness (QED) is 0.731. The minimum atomic E-state index is -1.42. The molecule has 0 amide bonds. The largest absolute Gasteiger partial charge is 0.489 e. The molecule has 0 aliphatic rings. The summed E-state index contributed by atoms with van der Waals surface area (Å²) in [6, 6.07) is 11.6. The van der Waals surface area contributed by atoms with Crippen LogP contribution in [0.2, 0.25) is 0 Å². The highest BCUT2D eigenvalue weighted by Crippen LogP contribution is 2.29. The fourth-order valence-corrected chi connectivity index (χ4v) is 2.21. The molecule has 2 aromatic rings. The van der Waals surface area contributed by atoms with Gasteiger partial charge < -0.3 is 10.0 Å². The van der Waals surface area contributed by atoms with E-state index in [-0.39, 0.29) is 5.41 Å². The van der Waals surface area contributed by atoms with Gasteiger partial charge in [0.15, 0.2) is 0 Å². The van der Waals surface area contributed by atoms with E-state index in [0.717, 1.165) is 10.8 Å². The number of hydrogen-bond acceptors (Lipinski definition) is 2. The van der Waals surface area contributed by atoms with Crippen molar-refractivity contribution < 1.29 is 10.0 Å². The minimum Gasteiger partial charge on any atom is -0.423 e. The second-order valence-corrected chi connectivity index (χ2v) is 5.37. The average molecular weight is 228 g/mol. The summed E-state index contributed by atoms with van der Waals surface area (Å²) in [7, 11) is -1.42. The van der Waals surface area contributed by atoms with E-state index >= 15 is 0 Å². The third-order valence-electron chi connectivity index (χ3n) is 3.04. The van der Waals surface area contributed by atoms with Crippen molar-refractivity contribution in [3.05, 3.63) is 42.0 Å². The second kappa shape index (κ2) is 4.17. The predicted octanol–water partition coefficient (Wildman–Crippen LogP) is 1.82. The lowest BCUT2D eigenvalue weighted by molar-refractivity contribution is 0.426. The van der Waals surface area contributed by atoms with Gasteiger partial charge in [-0.2, -0.15) is 0 Å². The van der Waals surface area contributed by atoms with E-state index < -0.39 is 7.12 Å². The normalized spacial score (nSPS) is 11.8. The molecule has 2 nitrogen and oxygen atoms in total. The first kappa shape index (κ1) is 12.2. The van der Waals surface area contributed by atoms with Crippen molar-refractivity contribution in [3.8, 4) is 0 Å². The zero-order valence-corrected chi connectivity index (χ0v) is 10.4. The van der Waals surface area contributed by atoms with Gasteiger partial charge in [0.1, 0.15) is 0 Å². The third kappa shape index (κ3) is 2.21. The number of benzene rings is 2. The van der Waals surface area contributed by atoms with E-state index in [0.29, 0.717) is 5.46 Å². The van der Waals surface area contributed by atoms with E-state index in [1.807, 2.05) is 24.3 Å². The molecule has 3 heteroatoms. The Kier molecular flexibility index (Phi) is 2.98. The van der Waals surface area contributed by atoms with Gasteiger partial charge in [-0.15, -0.1) is 0 Å². The van der Waals surface area contributed by atoms with Crippen molar-refractivity contribution in [1.29, 1.82) is 0 Å². The summed E-state index contributed by atoms with van der Waals surface area (Å²) in [6.07, 6.45) is 0. The van der Waals surface area contributed by atoms with Gasteiger partial charge in [-0.25, -0.2) is 0 Å². The topological polar surface area (TPSA) is 40.5 Å². The molecule has 0 fully saturated rings. The van der Waals surface area contributed by atoms with Crippen LogP contribution in [0, 0.1) is 0 Å². The third-order valence-corrected chi connectivity index (χ3v) is 3.04. The van der Waals surface area contributed by atoms with Crippen molar-refractivity contribution in [2.24, 2.45) is 0 Å². The van der Waals surface area contributed by atoms with Crippen LogP contribution >= 0.6 is 0 Å². The number of fused-ring (bicyclic) bond motifs is 1. The van der Waals surface area contributed by atoms with Gasteiger partial charge in [0.2, 0.25) is 0 Å². The highest BCUT2D eigenvalue weighted by Gasteiger charge is 2.20. The molecule has 2 rings (SSSR count). The monoisotopic (exact) mass is 228 g/mol. The number of hydrogen-bond donors (Lipinski definition) is 2. The molecule has 2 N–H and O–H groups in total. The van der Waals surface area contributed by atoms with E-state index in [2.05, 4.69) is 26.8 Å². The molecule has 0 atom stereocenters. The highest BCUT2D eigenvalue weighted by molar-refractivity contribution is 6.62. The SMILES string of the molecule is CC(C)(C)c1cccc2c(B(O)O)cccc12. The Labute approximate surface area is 102 Å². The lowest BCUT2D eigenvalue weighted by atomic mass is 9.75. The lowest BCUT2D eigenvalue weighted by Gasteiger charge is -2.22. The van der Waals surface area contributed by atoms with Gasteiger partial charge >= 0.3 is 7.12 Å². The van der Waals surface area contributed by atoms with Crippen LogP contribution in [0.25, 0.3) is 10.8 Å². The van der Waals surface area contributed by atoms with Crippen LogP contribution in [0.4, 0.5) is 0 Å². The van der Waals surface area contributed by atoms with Gasteiger partial charge in [-0.3, -0.25) is 0 Å². The van der Waals surface area contributed by atoms with Crippen LogP contribution in [-0.4, -0.2) is 17.2 Å². The molecule has 0 unspecified atom stereocenters. The Hall–Kier alpha value is -1.32. The summed E-state index contributed by atoms with van der Waals surface area (Å²) in [4.78, 5) is 0. The van der Waals surface area contributed by atoms with Crippen LogP contribution in [0.1, 0.15) is 26.3 Å². The van der Waals surface area contributed by atoms with Crippen molar-refractivity contribution >= 4 is 23.4 Å². The molecule has 0 aromatic heterocycles. The Bertz CT molecular complexity index is 541. The highest BCUT2D eigenvalue weighted by atomic mass is 16.4. The van der Waals surface area contributed by atoms with E-state index in [9.17, 15) is 10.0 Å². The first-order valence-corrected chi connectivity index (χ1v) is 5.79. The molecule has 2 aromatic carbocycles. The van der Waals surface area contributed by atoms with Crippen LogP contribution in [0.15, 0.2) is 36.4 Å². The summed E-state index contributed by atoms with van der Waals surface area (Å²) >= 11 is 0. The summed E-state index contributed by atoms with van der Waals surface area (Å²) in [6.45, 7) is 6.47. The fraction of sp³-hybridized carbons (Fsp3) is 0.286. The summed E-state index contributed by atoms with van der Waals surface area (Å²) in [5.41, 5.74) is 1.82. The smallest absolute Gasteiger partial charge is 0.423 e. The van der Waals surface area contributed by atoms with E-state index in [1.165, 1.54) is 5.56 Å². The predicted molar refractivity (Wildman–Crippen MR) is 72.5 cm³/mol. The van der Waals surface area contributed by atoms with Crippen molar-refractivity contribution in [1.82, 2.24) is 0 Å². The maximum atomic E-state index is 9.37. The van der Waals surface area contributed by atoms with Crippen molar-refractivity contribution in [2.75, 3.05) is 0 Å². The Morgan fingerprint density at radius 1 is 0.882 bits per heavy atom. The first-order chi connectivity index (χ1) is 7.91. The molecule has 17 heavy (non-hydrogen) atoms. The molecule has 88 valence electrons. The summed E-state index contributed by atoms with van der Waals surface area (Å²) in [5.74, 6) is 0. The molecule has 0 heterocycles. The molecule has 0 aliphatic carbocycles. The Morgan fingerprint density at radius 2 is 1.47 bits per heavy atom. The molecule has 0 radical (unpaired) electrons.